The van der Waals surface area contributed by atoms with Crippen LogP contribution in [0.25, 0.3) is 0 Å². The maximum Gasteiger partial charge on any atom is 0.0482 e. The Hall–Kier alpha value is -1.02. The van der Waals surface area contributed by atoms with Crippen LogP contribution in [0.2, 0.25) is 0 Å². The van der Waals surface area contributed by atoms with E-state index in [1.807, 2.05) is 24.4 Å². The Morgan fingerprint density at radius 3 is 3.10 bits per heavy atom. The first-order valence-electron chi connectivity index (χ1n) is 3.34. The van der Waals surface area contributed by atoms with Crippen molar-refractivity contribution in [1.29, 1.82) is 0 Å². The summed E-state index contributed by atoms with van der Waals surface area (Å²) in [5.74, 6) is 0. The van der Waals surface area contributed by atoms with Gasteiger partial charge in [0.05, 0.1) is 0 Å². The third-order valence-electron chi connectivity index (χ3n) is 1.44. The fourth-order valence-corrected chi connectivity index (χ4v) is 0.881. The molecule has 3 N–H and O–H groups in total. The number of hydrogen-bond acceptors (Lipinski definition) is 1. The van der Waals surface area contributed by atoms with Crippen molar-refractivity contribution in [2.24, 2.45) is 5.73 Å². The monoisotopic (exact) mass is 136 g/mol. The Kier molecular flexibility index (Phi) is 2.29. The third-order valence-corrected chi connectivity index (χ3v) is 1.44. The van der Waals surface area contributed by atoms with Gasteiger partial charge in [-0.15, -0.1) is 6.58 Å². The molecule has 54 valence electrons. The molecule has 0 saturated heterocycles. The first kappa shape index (κ1) is 7.09. The molecule has 1 aromatic rings. The Bertz CT molecular complexity index is 189. The average Bonchev–Trinajstić information content (AvgIpc) is 2.38. The van der Waals surface area contributed by atoms with Crippen LogP contribution in [0.4, 0.5) is 0 Å². The van der Waals surface area contributed by atoms with E-state index in [-0.39, 0.29) is 6.04 Å². The number of nitrogens with two attached hydrogens (primary N) is 1. The van der Waals surface area contributed by atoms with Crippen LogP contribution in [0, 0.1) is 0 Å². The number of hydrogen-bond donors (Lipinski definition) is 2. The second-order valence-electron chi connectivity index (χ2n) is 2.26. The van der Waals surface area contributed by atoms with E-state index in [1.165, 1.54) is 0 Å². The van der Waals surface area contributed by atoms with Gasteiger partial charge in [0.15, 0.2) is 0 Å². The molecule has 0 saturated carbocycles. The molecule has 1 atom stereocenters. The largest absolute Gasteiger partial charge is 0.364 e. The molecular formula is C8H12N2. The van der Waals surface area contributed by atoms with Crippen LogP contribution in [0.15, 0.2) is 31.0 Å². The molecule has 10 heavy (non-hydrogen) atoms. The van der Waals surface area contributed by atoms with E-state index in [4.69, 9.17) is 5.73 Å². The maximum absolute atomic E-state index is 5.75. The highest BCUT2D eigenvalue weighted by molar-refractivity contribution is 5.09. The van der Waals surface area contributed by atoms with Crippen LogP contribution in [0.1, 0.15) is 18.2 Å². The maximum atomic E-state index is 5.75. The summed E-state index contributed by atoms with van der Waals surface area (Å²) in [5.41, 5.74) is 6.82. The lowest BCUT2D eigenvalue weighted by molar-refractivity contribution is 0.720. The van der Waals surface area contributed by atoms with Gasteiger partial charge in [-0.1, -0.05) is 6.08 Å². The quantitative estimate of drug-likeness (QED) is 0.609. The molecule has 1 heterocycles. The summed E-state index contributed by atoms with van der Waals surface area (Å²) in [6, 6.07) is 4.00. The van der Waals surface area contributed by atoms with Crippen molar-refractivity contribution in [3.63, 3.8) is 0 Å². The minimum atomic E-state index is 0.0764. The Morgan fingerprint density at radius 2 is 2.60 bits per heavy atom. The van der Waals surface area contributed by atoms with Crippen LogP contribution in [0.5, 0.6) is 0 Å². The van der Waals surface area contributed by atoms with Crippen LogP contribution < -0.4 is 5.73 Å². The SMILES string of the molecule is C=CC[C@@H](N)c1ccc[nH]1. The van der Waals surface area contributed by atoms with Gasteiger partial charge in [-0.05, 0) is 18.6 Å². The van der Waals surface area contributed by atoms with Gasteiger partial charge in [-0.2, -0.15) is 0 Å². The number of H-pyrrole nitrogens is 1. The number of nitrogens with one attached hydrogen (secondary N) is 1. The number of aromatic nitrogens is 1. The van der Waals surface area contributed by atoms with Crippen LogP contribution >= 0.6 is 0 Å². The van der Waals surface area contributed by atoms with Crippen LogP contribution in [-0.2, 0) is 0 Å². The lowest BCUT2D eigenvalue weighted by Crippen LogP contribution is -2.08. The van der Waals surface area contributed by atoms with Gasteiger partial charge in [0.25, 0.3) is 0 Å². The van der Waals surface area contributed by atoms with Crippen molar-refractivity contribution in [1.82, 2.24) is 4.98 Å². The standard InChI is InChI=1S/C8H12N2/c1-2-4-7(9)8-5-3-6-10-8/h2-3,5-7,10H,1,4,9H2/t7-/m1/s1. The molecule has 0 bridgehead atoms. The summed E-state index contributed by atoms with van der Waals surface area (Å²) in [6.45, 7) is 3.62. The van der Waals surface area contributed by atoms with Gasteiger partial charge >= 0.3 is 0 Å². The predicted octanol–water partition coefficient (Wildman–Crippen LogP) is 1.59. The Balaban J connectivity index is 2.58. The fourth-order valence-electron chi connectivity index (χ4n) is 0.881. The molecule has 0 aliphatic carbocycles. The molecule has 0 spiro atoms. The van der Waals surface area contributed by atoms with Gasteiger partial charge in [0.1, 0.15) is 0 Å². The number of rotatable bonds is 3. The van der Waals surface area contributed by atoms with Gasteiger partial charge in [0, 0.05) is 17.9 Å². The summed E-state index contributed by atoms with van der Waals surface area (Å²) in [5, 5.41) is 0. The molecule has 0 aromatic carbocycles. The highest BCUT2D eigenvalue weighted by Crippen LogP contribution is 2.10. The minimum Gasteiger partial charge on any atom is -0.364 e. The molecule has 0 aliphatic heterocycles. The lowest BCUT2D eigenvalue weighted by atomic mass is 10.1. The molecule has 0 unspecified atom stereocenters. The first-order valence-corrected chi connectivity index (χ1v) is 3.34. The lowest BCUT2D eigenvalue weighted by Gasteiger charge is -2.04. The zero-order valence-electron chi connectivity index (χ0n) is 5.88. The van der Waals surface area contributed by atoms with Crippen molar-refractivity contribution < 1.29 is 0 Å². The Labute approximate surface area is 60.8 Å². The summed E-state index contributed by atoms with van der Waals surface area (Å²) in [6.07, 6.45) is 4.52. The van der Waals surface area contributed by atoms with Gasteiger partial charge < -0.3 is 10.7 Å². The molecule has 0 fully saturated rings. The summed E-state index contributed by atoms with van der Waals surface area (Å²) >= 11 is 0. The second kappa shape index (κ2) is 3.22. The third kappa shape index (κ3) is 1.48. The van der Waals surface area contributed by atoms with E-state index in [2.05, 4.69) is 11.6 Å². The normalized spacial score (nSPS) is 12.9. The smallest absolute Gasteiger partial charge is 0.0482 e. The molecular weight excluding hydrogens is 124 g/mol. The molecule has 0 radical (unpaired) electrons. The van der Waals surface area contributed by atoms with E-state index in [9.17, 15) is 0 Å². The highest BCUT2D eigenvalue weighted by Gasteiger charge is 2.01. The van der Waals surface area contributed by atoms with Crippen molar-refractivity contribution in [2.45, 2.75) is 12.5 Å². The van der Waals surface area contributed by atoms with E-state index in [0.717, 1.165) is 12.1 Å². The summed E-state index contributed by atoms with van der Waals surface area (Å²) in [7, 11) is 0. The number of aromatic amines is 1. The van der Waals surface area contributed by atoms with E-state index >= 15 is 0 Å². The molecule has 1 rings (SSSR count). The molecule has 2 nitrogen and oxygen atoms in total. The second-order valence-corrected chi connectivity index (χ2v) is 2.26. The first-order chi connectivity index (χ1) is 4.84. The summed E-state index contributed by atoms with van der Waals surface area (Å²) < 4.78 is 0. The van der Waals surface area contributed by atoms with Crippen LogP contribution in [0.3, 0.4) is 0 Å². The minimum absolute atomic E-state index is 0.0764. The van der Waals surface area contributed by atoms with E-state index in [1.54, 1.807) is 0 Å². The highest BCUT2D eigenvalue weighted by atomic mass is 14.8. The van der Waals surface area contributed by atoms with Gasteiger partial charge in [-0.3, -0.25) is 0 Å². The summed E-state index contributed by atoms with van der Waals surface area (Å²) in [4.78, 5) is 3.05. The van der Waals surface area contributed by atoms with Crippen molar-refractivity contribution in [3.05, 3.63) is 36.7 Å². The van der Waals surface area contributed by atoms with E-state index < -0.39 is 0 Å². The molecule has 1 aromatic heterocycles. The fraction of sp³-hybridized carbons (Fsp3) is 0.250. The molecule has 0 aliphatic rings. The van der Waals surface area contributed by atoms with Crippen LogP contribution in [-0.4, -0.2) is 4.98 Å². The van der Waals surface area contributed by atoms with Crippen molar-refractivity contribution >= 4 is 0 Å². The average molecular weight is 136 g/mol. The molecule has 0 amide bonds. The predicted molar refractivity (Wildman–Crippen MR) is 42.5 cm³/mol. The Morgan fingerprint density at radius 1 is 1.80 bits per heavy atom. The van der Waals surface area contributed by atoms with Crippen molar-refractivity contribution in [3.8, 4) is 0 Å². The van der Waals surface area contributed by atoms with E-state index in [0.29, 0.717) is 0 Å². The molecule has 2 heteroatoms. The topological polar surface area (TPSA) is 41.8 Å². The zero-order valence-corrected chi connectivity index (χ0v) is 5.88. The van der Waals surface area contributed by atoms with Gasteiger partial charge in [-0.25, -0.2) is 0 Å². The van der Waals surface area contributed by atoms with Gasteiger partial charge in [0.2, 0.25) is 0 Å². The zero-order chi connectivity index (χ0) is 7.40. The van der Waals surface area contributed by atoms with Crippen molar-refractivity contribution in [2.75, 3.05) is 0 Å².